The fraction of sp³-hybridized carbons (Fsp3) is 0.600. The summed E-state index contributed by atoms with van der Waals surface area (Å²) >= 11 is 0. The molecular formula is C20H27NO. The monoisotopic (exact) mass is 297 g/mol. The molecule has 22 heavy (non-hydrogen) atoms. The van der Waals surface area contributed by atoms with Crippen molar-refractivity contribution in [3.63, 3.8) is 0 Å². The SMILES string of the molecule is CCCCCc1ccc(C#CC2(O)CN3CCC2CC3)cc1. The van der Waals surface area contributed by atoms with Crippen LogP contribution in [0.25, 0.3) is 0 Å². The Morgan fingerprint density at radius 3 is 2.50 bits per heavy atom. The zero-order chi connectivity index (χ0) is 15.4. The Kier molecular flexibility index (Phi) is 4.86. The Morgan fingerprint density at radius 1 is 1.18 bits per heavy atom. The molecule has 3 aliphatic rings. The first kappa shape index (κ1) is 15.6. The third-order valence-electron chi connectivity index (χ3n) is 5.17. The number of rotatable bonds is 4. The molecule has 3 saturated heterocycles. The zero-order valence-electron chi connectivity index (χ0n) is 13.6. The van der Waals surface area contributed by atoms with E-state index >= 15 is 0 Å². The van der Waals surface area contributed by atoms with Crippen LogP contribution in [0.4, 0.5) is 0 Å². The van der Waals surface area contributed by atoms with E-state index in [1.165, 1.54) is 24.8 Å². The summed E-state index contributed by atoms with van der Waals surface area (Å²) in [6.07, 6.45) is 7.15. The van der Waals surface area contributed by atoms with Crippen molar-refractivity contribution < 1.29 is 5.11 Å². The summed E-state index contributed by atoms with van der Waals surface area (Å²) in [5.74, 6) is 6.75. The number of benzene rings is 1. The van der Waals surface area contributed by atoms with E-state index in [-0.39, 0.29) is 0 Å². The number of fused-ring (bicyclic) bond motifs is 3. The minimum atomic E-state index is -0.795. The second-order valence-corrected chi connectivity index (χ2v) is 6.88. The highest BCUT2D eigenvalue weighted by Crippen LogP contribution is 2.35. The average molecular weight is 297 g/mol. The Labute approximate surface area is 134 Å². The van der Waals surface area contributed by atoms with Crippen LogP contribution in [-0.4, -0.2) is 35.2 Å². The molecule has 1 atom stereocenters. The van der Waals surface area contributed by atoms with Crippen LogP contribution in [-0.2, 0) is 6.42 Å². The van der Waals surface area contributed by atoms with Crippen molar-refractivity contribution in [2.75, 3.05) is 19.6 Å². The summed E-state index contributed by atoms with van der Waals surface area (Å²) in [5.41, 5.74) is 1.61. The Hall–Kier alpha value is -1.30. The van der Waals surface area contributed by atoms with E-state index in [9.17, 15) is 5.11 Å². The van der Waals surface area contributed by atoms with Crippen molar-refractivity contribution in [3.8, 4) is 11.8 Å². The third kappa shape index (κ3) is 3.54. The Balaban J connectivity index is 1.64. The normalized spacial score (nSPS) is 29.9. The van der Waals surface area contributed by atoms with E-state index < -0.39 is 5.60 Å². The topological polar surface area (TPSA) is 23.5 Å². The molecule has 1 N–H and O–H groups in total. The first-order valence-electron chi connectivity index (χ1n) is 8.76. The molecule has 1 aromatic rings. The Bertz CT molecular complexity index is 545. The molecule has 1 unspecified atom stereocenters. The number of aryl methyl sites for hydroxylation is 1. The number of unbranched alkanes of at least 4 members (excludes halogenated alkanes) is 2. The maximum atomic E-state index is 10.8. The van der Waals surface area contributed by atoms with Gasteiger partial charge in [-0.1, -0.05) is 43.7 Å². The molecule has 1 aromatic carbocycles. The van der Waals surface area contributed by atoms with Crippen LogP contribution in [0.5, 0.6) is 0 Å². The molecule has 3 aliphatic heterocycles. The number of aliphatic hydroxyl groups is 1. The molecule has 0 spiro atoms. The fourth-order valence-corrected chi connectivity index (χ4v) is 3.69. The highest BCUT2D eigenvalue weighted by atomic mass is 16.3. The number of nitrogens with zero attached hydrogens (tertiary/aromatic N) is 1. The van der Waals surface area contributed by atoms with Crippen LogP contribution in [0.3, 0.4) is 0 Å². The van der Waals surface area contributed by atoms with Gasteiger partial charge in [-0.05, 0) is 56.5 Å². The first-order valence-corrected chi connectivity index (χ1v) is 8.76. The highest BCUT2D eigenvalue weighted by molar-refractivity contribution is 5.38. The van der Waals surface area contributed by atoms with E-state index in [2.05, 4.69) is 47.9 Å². The van der Waals surface area contributed by atoms with Crippen molar-refractivity contribution in [2.45, 2.75) is 51.0 Å². The smallest absolute Gasteiger partial charge is 0.141 e. The lowest BCUT2D eigenvalue weighted by Gasteiger charge is -2.47. The van der Waals surface area contributed by atoms with Crippen LogP contribution in [0.15, 0.2) is 24.3 Å². The first-order chi connectivity index (χ1) is 10.7. The summed E-state index contributed by atoms with van der Waals surface area (Å²) in [7, 11) is 0. The van der Waals surface area contributed by atoms with Gasteiger partial charge in [0.15, 0.2) is 0 Å². The van der Waals surface area contributed by atoms with Gasteiger partial charge in [-0.25, -0.2) is 0 Å². The molecule has 0 aromatic heterocycles. The van der Waals surface area contributed by atoms with Crippen molar-refractivity contribution in [1.82, 2.24) is 4.90 Å². The summed E-state index contributed by atoms with van der Waals surface area (Å²) in [6, 6.07) is 8.55. The van der Waals surface area contributed by atoms with Crippen molar-refractivity contribution in [3.05, 3.63) is 35.4 Å². The second kappa shape index (κ2) is 6.86. The van der Waals surface area contributed by atoms with E-state index in [4.69, 9.17) is 0 Å². The maximum Gasteiger partial charge on any atom is 0.141 e. The molecular weight excluding hydrogens is 270 g/mol. The van der Waals surface area contributed by atoms with Crippen LogP contribution >= 0.6 is 0 Å². The molecule has 3 fully saturated rings. The fourth-order valence-electron chi connectivity index (χ4n) is 3.69. The lowest BCUT2D eigenvalue weighted by atomic mass is 9.76. The van der Waals surface area contributed by atoms with Crippen LogP contribution < -0.4 is 0 Å². The summed E-state index contributed by atoms with van der Waals surface area (Å²) in [6.45, 7) is 5.21. The highest BCUT2D eigenvalue weighted by Gasteiger charge is 2.44. The van der Waals surface area contributed by atoms with E-state index in [1.54, 1.807) is 0 Å². The standard InChI is InChI=1S/C20H27NO/c1-2-3-4-5-17-6-8-18(9-7-17)10-13-20(22)16-21-14-11-19(20)12-15-21/h6-9,19,22H,2-5,11-12,14-16H2,1H3. The zero-order valence-corrected chi connectivity index (χ0v) is 13.6. The molecule has 2 bridgehead atoms. The second-order valence-electron chi connectivity index (χ2n) is 6.88. The largest absolute Gasteiger partial charge is 0.376 e. The van der Waals surface area contributed by atoms with Gasteiger partial charge in [-0.15, -0.1) is 0 Å². The van der Waals surface area contributed by atoms with E-state index in [0.717, 1.165) is 44.5 Å². The van der Waals surface area contributed by atoms with Crippen LogP contribution in [0, 0.1) is 17.8 Å². The van der Waals surface area contributed by atoms with Gasteiger partial charge in [0.2, 0.25) is 0 Å². The maximum absolute atomic E-state index is 10.8. The van der Waals surface area contributed by atoms with Gasteiger partial charge in [0.05, 0.1) is 0 Å². The Morgan fingerprint density at radius 2 is 1.91 bits per heavy atom. The van der Waals surface area contributed by atoms with Gasteiger partial charge in [-0.2, -0.15) is 0 Å². The average Bonchev–Trinajstić information content (AvgIpc) is 2.55. The summed E-state index contributed by atoms with van der Waals surface area (Å²) < 4.78 is 0. The minimum Gasteiger partial charge on any atom is -0.376 e. The van der Waals surface area contributed by atoms with Gasteiger partial charge in [0.1, 0.15) is 5.60 Å². The van der Waals surface area contributed by atoms with Gasteiger partial charge < -0.3 is 5.11 Å². The number of hydrogen-bond acceptors (Lipinski definition) is 2. The minimum absolute atomic E-state index is 0.360. The van der Waals surface area contributed by atoms with Crippen LogP contribution in [0.1, 0.15) is 50.2 Å². The molecule has 0 aliphatic carbocycles. The molecule has 2 nitrogen and oxygen atoms in total. The third-order valence-corrected chi connectivity index (χ3v) is 5.17. The molecule has 2 heteroatoms. The molecule has 0 amide bonds. The van der Waals surface area contributed by atoms with Crippen molar-refractivity contribution >= 4 is 0 Å². The quantitative estimate of drug-likeness (QED) is 0.681. The molecule has 0 saturated carbocycles. The van der Waals surface area contributed by atoms with Crippen LogP contribution in [0.2, 0.25) is 0 Å². The van der Waals surface area contributed by atoms with Gasteiger partial charge in [0.25, 0.3) is 0 Å². The van der Waals surface area contributed by atoms with Gasteiger partial charge in [-0.3, -0.25) is 4.90 Å². The van der Waals surface area contributed by atoms with E-state index in [1.807, 2.05) is 0 Å². The van der Waals surface area contributed by atoms with Gasteiger partial charge >= 0.3 is 0 Å². The van der Waals surface area contributed by atoms with Crippen molar-refractivity contribution in [2.24, 2.45) is 5.92 Å². The molecule has 3 heterocycles. The number of piperidine rings is 3. The lowest BCUT2D eigenvalue weighted by molar-refractivity contribution is -0.0713. The number of hydrogen-bond donors (Lipinski definition) is 1. The van der Waals surface area contributed by atoms with Gasteiger partial charge in [0, 0.05) is 18.0 Å². The molecule has 118 valence electrons. The predicted molar refractivity (Wildman–Crippen MR) is 90.7 cm³/mol. The lowest BCUT2D eigenvalue weighted by Crippen LogP contribution is -2.58. The van der Waals surface area contributed by atoms with E-state index in [0.29, 0.717) is 5.92 Å². The summed E-state index contributed by atoms with van der Waals surface area (Å²) in [4.78, 5) is 2.34. The predicted octanol–water partition coefficient (Wildman–Crippen LogP) is 3.23. The molecule has 0 radical (unpaired) electrons. The summed E-state index contributed by atoms with van der Waals surface area (Å²) in [5, 5.41) is 10.8. The molecule has 4 rings (SSSR count). The van der Waals surface area contributed by atoms with Crippen molar-refractivity contribution in [1.29, 1.82) is 0 Å².